The monoisotopic (exact) mass is 428 g/mol. The number of hydrogen-bond acceptors (Lipinski definition) is 2. The Labute approximate surface area is 191 Å². The van der Waals surface area contributed by atoms with E-state index in [-0.39, 0.29) is 17.4 Å². The van der Waals surface area contributed by atoms with E-state index in [1.165, 1.54) is 32.1 Å². The minimum absolute atomic E-state index is 0.173. The number of aliphatic hydroxyl groups is 1. The highest BCUT2D eigenvalue weighted by Gasteiger charge is 2.62. The zero-order valence-electron chi connectivity index (χ0n) is 21.1. The zero-order chi connectivity index (χ0) is 22.6. The molecule has 4 aliphatic carbocycles. The van der Waals surface area contributed by atoms with Gasteiger partial charge in [0.25, 0.3) is 0 Å². The fourth-order valence-corrected chi connectivity index (χ4v) is 9.27. The third kappa shape index (κ3) is 3.87. The van der Waals surface area contributed by atoms with Crippen LogP contribution in [0.4, 0.5) is 0 Å². The van der Waals surface area contributed by atoms with Crippen LogP contribution in [0.5, 0.6) is 0 Å². The molecule has 1 N–H and O–H groups in total. The van der Waals surface area contributed by atoms with Crippen LogP contribution in [0.2, 0.25) is 0 Å². The van der Waals surface area contributed by atoms with Gasteiger partial charge in [-0.3, -0.25) is 4.79 Å². The number of Topliss-reactive ketones (excluding diaryl/α,β-unsaturated/α-hetero) is 1. The molecule has 0 aliphatic heterocycles. The molecule has 2 heteroatoms. The summed E-state index contributed by atoms with van der Waals surface area (Å²) in [4.78, 5) is 12.2. The Morgan fingerprint density at radius 1 is 1.00 bits per heavy atom. The van der Waals surface area contributed by atoms with Crippen LogP contribution in [0.3, 0.4) is 0 Å². The maximum absolute atomic E-state index is 12.2. The summed E-state index contributed by atoms with van der Waals surface area (Å²) in [6.45, 7) is 14.5. The van der Waals surface area contributed by atoms with Crippen LogP contribution in [0.25, 0.3) is 0 Å². The Bertz CT molecular complexity index is 695. The first-order chi connectivity index (χ1) is 14.6. The second kappa shape index (κ2) is 8.62. The zero-order valence-corrected chi connectivity index (χ0v) is 21.1. The summed E-state index contributed by atoms with van der Waals surface area (Å²) < 4.78 is 0. The van der Waals surface area contributed by atoms with Crippen LogP contribution in [-0.2, 0) is 4.79 Å². The molecule has 0 spiro atoms. The minimum Gasteiger partial charge on any atom is -0.393 e. The fraction of sp³-hybridized carbons (Fsp3) is 0.897. The van der Waals surface area contributed by atoms with Crippen LogP contribution in [-0.4, -0.2) is 17.0 Å². The standard InChI is InChI=1S/C29H48O2/c1-7-20(18(2)3)9-8-19(4)23-10-11-24-22-17-27(31)26-16-21(30)12-14-29(26,6)25(22)13-15-28(23,24)5/h8-9,18-20,22-27,31H,7,10-17H2,1-6H3. The third-order valence-electron chi connectivity index (χ3n) is 11.2. The third-order valence-corrected chi connectivity index (χ3v) is 11.2. The van der Waals surface area contributed by atoms with Crippen molar-refractivity contribution in [2.24, 2.45) is 58.2 Å². The van der Waals surface area contributed by atoms with Gasteiger partial charge in [0.2, 0.25) is 0 Å². The summed E-state index contributed by atoms with van der Waals surface area (Å²) >= 11 is 0. The highest BCUT2D eigenvalue weighted by molar-refractivity contribution is 5.79. The number of ketones is 1. The molecule has 0 heterocycles. The van der Waals surface area contributed by atoms with E-state index in [1.54, 1.807) is 0 Å². The van der Waals surface area contributed by atoms with Crippen molar-refractivity contribution in [3.05, 3.63) is 12.2 Å². The summed E-state index contributed by atoms with van der Waals surface area (Å²) in [5, 5.41) is 11.2. The summed E-state index contributed by atoms with van der Waals surface area (Å²) in [7, 11) is 0. The summed E-state index contributed by atoms with van der Waals surface area (Å²) in [6, 6.07) is 0. The van der Waals surface area contributed by atoms with E-state index in [9.17, 15) is 9.90 Å². The molecule has 0 aromatic carbocycles. The number of carbonyl (C=O) groups is 1. The van der Waals surface area contributed by atoms with Gasteiger partial charge in [-0.1, -0.05) is 53.7 Å². The molecule has 4 fully saturated rings. The van der Waals surface area contributed by atoms with Gasteiger partial charge in [-0.05, 0) is 103 Å². The van der Waals surface area contributed by atoms with Crippen molar-refractivity contribution < 1.29 is 9.90 Å². The van der Waals surface area contributed by atoms with Crippen molar-refractivity contribution in [1.29, 1.82) is 0 Å². The highest BCUT2D eigenvalue weighted by Crippen LogP contribution is 2.68. The molecule has 31 heavy (non-hydrogen) atoms. The minimum atomic E-state index is -0.273. The molecule has 10 unspecified atom stereocenters. The van der Waals surface area contributed by atoms with Crippen LogP contribution in [0.1, 0.15) is 99.3 Å². The van der Waals surface area contributed by atoms with Gasteiger partial charge >= 0.3 is 0 Å². The number of fused-ring (bicyclic) bond motifs is 5. The van der Waals surface area contributed by atoms with E-state index in [4.69, 9.17) is 0 Å². The maximum atomic E-state index is 12.2. The second-order valence-electron chi connectivity index (χ2n) is 12.8. The molecule has 4 aliphatic rings. The van der Waals surface area contributed by atoms with E-state index in [1.807, 2.05) is 0 Å². The lowest BCUT2D eigenvalue weighted by Crippen LogP contribution is -2.58. The molecule has 176 valence electrons. The Morgan fingerprint density at radius 2 is 1.71 bits per heavy atom. The molecular formula is C29H48O2. The molecule has 2 nitrogen and oxygen atoms in total. The fourth-order valence-electron chi connectivity index (χ4n) is 9.27. The molecular weight excluding hydrogens is 380 g/mol. The van der Waals surface area contributed by atoms with Crippen LogP contribution in [0.15, 0.2) is 12.2 Å². The number of rotatable bonds is 5. The smallest absolute Gasteiger partial charge is 0.133 e. The van der Waals surface area contributed by atoms with Crippen molar-refractivity contribution in [2.45, 2.75) is 105 Å². The van der Waals surface area contributed by atoms with Gasteiger partial charge in [0.1, 0.15) is 5.78 Å². The number of allylic oxidation sites excluding steroid dienone is 2. The summed E-state index contributed by atoms with van der Waals surface area (Å²) in [5.41, 5.74) is 0.588. The van der Waals surface area contributed by atoms with Gasteiger partial charge in [0, 0.05) is 12.8 Å². The highest BCUT2D eigenvalue weighted by atomic mass is 16.3. The lowest BCUT2D eigenvalue weighted by Gasteiger charge is -2.61. The van der Waals surface area contributed by atoms with E-state index in [2.05, 4.69) is 53.7 Å². The number of hydrogen-bond donors (Lipinski definition) is 1. The maximum Gasteiger partial charge on any atom is 0.133 e. The van der Waals surface area contributed by atoms with Crippen molar-refractivity contribution in [3.63, 3.8) is 0 Å². The summed E-state index contributed by atoms with van der Waals surface area (Å²) in [5.74, 6) is 5.54. The van der Waals surface area contributed by atoms with E-state index >= 15 is 0 Å². The predicted octanol–water partition coefficient (Wildman–Crippen LogP) is 7.06. The molecule has 0 aromatic heterocycles. The van der Waals surface area contributed by atoms with Crippen molar-refractivity contribution in [2.75, 3.05) is 0 Å². The average Bonchev–Trinajstić information content (AvgIpc) is 3.07. The molecule has 0 saturated heterocycles. The number of aliphatic hydroxyl groups excluding tert-OH is 1. The Hall–Kier alpha value is -0.630. The van der Waals surface area contributed by atoms with E-state index < -0.39 is 0 Å². The van der Waals surface area contributed by atoms with E-state index in [0.29, 0.717) is 41.3 Å². The Morgan fingerprint density at radius 3 is 2.39 bits per heavy atom. The SMILES string of the molecule is CCC(C=CC(C)C1CCC2C3CC(O)C4CC(=O)CCC4(C)C3CCC12C)C(C)C. The first-order valence-corrected chi connectivity index (χ1v) is 13.5. The second-order valence-corrected chi connectivity index (χ2v) is 12.8. The van der Waals surface area contributed by atoms with Gasteiger partial charge in [-0.2, -0.15) is 0 Å². The lowest BCUT2D eigenvalue weighted by molar-refractivity contribution is -0.165. The molecule has 0 amide bonds. The van der Waals surface area contributed by atoms with Crippen molar-refractivity contribution in [3.8, 4) is 0 Å². The quantitative estimate of drug-likeness (QED) is 0.476. The lowest BCUT2D eigenvalue weighted by atomic mass is 9.44. The van der Waals surface area contributed by atoms with Crippen molar-refractivity contribution in [1.82, 2.24) is 0 Å². The van der Waals surface area contributed by atoms with Crippen LogP contribution < -0.4 is 0 Å². The predicted molar refractivity (Wildman–Crippen MR) is 129 cm³/mol. The average molecular weight is 429 g/mol. The van der Waals surface area contributed by atoms with Gasteiger partial charge in [0.05, 0.1) is 6.10 Å². The first-order valence-electron chi connectivity index (χ1n) is 13.5. The number of carbonyl (C=O) groups excluding carboxylic acids is 1. The van der Waals surface area contributed by atoms with Crippen molar-refractivity contribution >= 4 is 5.78 Å². The van der Waals surface area contributed by atoms with Crippen LogP contribution in [0, 0.1) is 58.2 Å². The van der Waals surface area contributed by atoms with Gasteiger partial charge in [-0.15, -0.1) is 0 Å². The molecule has 0 bridgehead atoms. The molecule has 0 radical (unpaired) electrons. The topological polar surface area (TPSA) is 37.3 Å². The van der Waals surface area contributed by atoms with Gasteiger partial charge in [-0.25, -0.2) is 0 Å². The first kappa shape index (κ1) is 23.5. The van der Waals surface area contributed by atoms with Crippen LogP contribution >= 0.6 is 0 Å². The molecule has 4 saturated carbocycles. The molecule has 10 atom stereocenters. The largest absolute Gasteiger partial charge is 0.393 e. The molecule has 0 aromatic rings. The molecule has 4 rings (SSSR count). The van der Waals surface area contributed by atoms with Gasteiger partial charge < -0.3 is 5.11 Å². The van der Waals surface area contributed by atoms with E-state index in [0.717, 1.165) is 37.0 Å². The Kier molecular flexibility index (Phi) is 6.54. The Balaban J connectivity index is 1.53. The summed E-state index contributed by atoms with van der Waals surface area (Å²) in [6.07, 6.45) is 14.7. The normalized spacial score (nSPS) is 47.2. The van der Waals surface area contributed by atoms with Gasteiger partial charge in [0.15, 0.2) is 0 Å².